The molecule has 0 bridgehead atoms. The molecule has 0 radical (unpaired) electrons. The smallest absolute Gasteiger partial charge is 0.00697 e. The van der Waals surface area contributed by atoms with Crippen molar-refractivity contribution in [3.8, 4) is 0 Å². The average molecular weight is 197 g/mol. The minimum absolute atomic E-state index is 0.474. The molecule has 1 saturated carbocycles. The van der Waals surface area contributed by atoms with Gasteiger partial charge in [0, 0.05) is 6.04 Å². The van der Waals surface area contributed by atoms with Crippen LogP contribution in [0.25, 0.3) is 0 Å². The van der Waals surface area contributed by atoms with Gasteiger partial charge in [0.2, 0.25) is 0 Å². The number of nitrogens with two attached hydrogens (primary N) is 1. The van der Waals surface area contributed by atoms with Crippen molar-refractivity contribution in [2.75, 3.05) is 0 Å². The first-order valence-corrected chi connectivity index (χ1v) is 6.39. The van der Waals surface area contributed by atoms with Gasteiger partial charge in [-0.3, -0.25) is 0 Å². The minimum atomic E-state index is 0.474. The number of rotatable bonds is 5. The Hall–Kier alpha value is -0.0400. The molecule has 2 N–H and O–H groups in total. The molecular weight excluding hydrogens is 170 g/mol. The second-order valence-electron chi connectivity index (χ2n) is 5.47. The molecule has 1 heteroatoms. The van der Waals surface area contributed by atoms with E-state index in [1.165, 1.54) is 38.5 Å². The normalized spacial score (nSPS) is 31.7. The zero-order valence-electron chi connectivity index (χ0n) is 10.1. The Bertz CT molecular complexity index is 155. The molecule has 0 aromatic carbocycles. The highest BCUT2D eigenvalue weighted by Gasteiger charge is 2.27. The summed E-state index contributed by atoms with van der Waals surface area (Å²) in [5.74, 6) is 2.57. The van der Waals surface area contributed by atoms with Gasteiger partial charge in [-0.05, 0) is 37.0 Å². The number of hydrogen-bond donors (Lipinski definition) is 1. The van der Waals surface area contributed by atoms with Gasteiger partial charge >= 0.3 is 0 Å². The average Bonchev–Trinajstić information content (AvgIpc) is 2.52. The zero-order valence-corrected chi connectivity index (χ0v) is 10.1. The number of hydrogen-bond acceptors (Lipinski definition) is 1. The first-order chi connectivity index (χ1) is 6.63. The Labute approximate surface area is 89.5 Å². The lowest BCUT2D eigenvalue weighted by atomic mass is 9.88. The van der Waals surface area contributed by atoms with Gasteiger partial charge in [0.15, 0.2) is 0 Å². The van der Waals surface area contributed by atoms with Crippen LogP contribution in [0.15, 0.2) is 0 Å². The largest absolute Gasteiger partial charge is 0.327 e. The summed E-state index contributed by atoms with van der Waals surface area (Å²) in [5.41, 5.74) is 6.27. The molecule has 14 heavy (non-hydrogen) atoms. The maximum atomic E-state index is 6.27. The van der Waals surface area contributed by atoms with Crippen molar-refractivity contribution in [2.24, 2.45) is 23.5 Å². The van der Waals surface area contributed by atoms with Crippen LogP contribution in [-0.2, 0) is 0 Å². The fraction of sp³-hybridized carbons (Fsp3) is 1.00. The summed E-state index contributed by atoms with van der Waals surface area (Å²) < 4.78 is 0. The fourth-order valence-corrected chi connectivity index (χ4v) is 2.91. The van der Waals surface area contributed by atoms with Crippen molar-refractivity contribution >= 4 is 0 Å². The third kappa shape index (κ3) is 3.61. The van der Waals surface area contributed by atoms with Crippen LogP contribution in [0, 0.1) is 17.8 Å². The lowest BCUT2D eigenvalue weighted by molar-refractivity contribution is 0.339. The Kier molecular flexibility index (Phi) is 4.94. The molecule has 0 aromatic heterocycles. The first-order valence-electron chi connectivity index (χ1n) is 6.39. The Morgan fingerprint density at radius 1 is 1.36 bits per heavy atom. The predicted molar refractivity (Wildman–Crippen MR) is 63.2 cm³/mol. The fourth-order valence-electron chi connectivity index (χ4n) is 2.91. The standard InChI is InChI=1S/C13H27N/c1-4-5-10(2)9-13(14)12-7-6-11(3)8-12/h10-13H,4-9,14H2,1-3H3. The van der Waals surface area contributed by atoms with Gasteiger partial charge in [-0.25, -0.2) is 0 Å². The molecule has 4 atom stereocenters. The quantitative estimate of drug-likeness (QED) is 0.716. The van der Waals surface area contributed by atoms with E-state index in [0.29, 0.717) is 6.04 Å². The molecule has 0 heterocycles. The van der Waals surface area contributed by atoms with E-state index in [1.54, 1.807) is 0 Å². The molecule has 4 unspecified atom stereocenters. The monoisotopic (exact) mass is 197 g/mol. The lowest BCUT2D eigenvalue weighted by Crippen LogP contribution is -2.30. The van der Waals surface area contributed by atoms with E-state index in [4.69, 9.17) is 5.73 Å². The topological polar surface area (TPSA) is 26.0 Å². The highest BCUT2D eigenvalue weighted by Crippen LogP contribution is 2.33. The molecule has 0 aromatic rings. The van der Waals surface area contributed by atoms with Crippen molar-refractivity contribution in [1.29, 1.82) is 0 Å². The van der Waals surface area contributed by atoms with Crippen LogP contribution < -0.4 is 5.73 Å². The summed E-state index contributed by atoms with van der Waals surface area (Å²) in [6.07, 6.45) is 8.04. The van der Waals surface area contributed by atoms with Gasteiger partial charge in [-0.1, -0.05) is 40.0 Å². The molecule has 1 aliphatic carbocycles. The molecule has 1 rings (SSSR count). The Morgan fingerprint density at radius 3 is 2.57 bits per heavy atom. The van der Waals surface area contributed by atoms with Gasteiger partial charge in [-0.15, -0.1) is 0 Å². The van der Waals surface area contributed by atoms with E-state index in [0.717, 1.165) is 17.8 Å². The molecular formula is C13H27N. The van der Waals surface area contributed by atoms with Crippen molar-refractivity contribution in [2.45, 2.75) is 65.3 Å². The molecule has 1 aliphatic rings. The third-order valence-corrected chi connectivity index (χ3v) is 3.80. The van der Waals surface area contributed by atoms with E-state index in [-0.39, 0.29) is 0 Å². The predicted octanol–water partition coefficient (Wildman–Crippen LogP) is 3.58. The second-order valence-corrected chi connectivity index (χ2v) is 5.47. The molecule has 0 spiro atoms. The van der Waals surface area contributed by atoms with Crippen molar-refractivity contribution in [1.82, 2.24) is 0 Å². The van der Waals surface area contributed by atoms with Gasteiger partial charge in [-0.2, -0.15) is 0 Å². The third-order valence-electron chi connectivity index (χ3n) is 3.80. The summed E-state index contributed by atoms with van der Waals surface area (Å²) in [7, 11) is 0. The first kappa shape index (κ1) is 12.0. The van der Waals surface area contributed by atoms with E-state index >= 15 is 0 Å². The van der Waals surface area contributed by atoms with E-state index in [9.17, 15) is 0 Å². The van der Waals surface area contributed by atoms with E-state index in [1.807, 2.05) is 0 Å². The van der Waals surface area contributed by atoms with Crippen LogP contribution in [-0.4, -0.2) is 6.04 Å². The van der Waals surface area contributed by atoms with E-state index in [2.05, 4.69) is 20.8 Å². The zero-order chi connectivity index (χ0) is 10.6. The Balaban J connectivity index is 2.23. The maximum absolute atomic E-state index is 6.27. The summed E-state index contributed by atoms with van der Waals surface area (Å²) in [5, 5.41) is 0. The van der Waals surface area contributed by atoms with Crippen molar-refractivity contribution in [3.63, 3.8) is 0 Å². The van der Waals surface area contributed by atoms with Crippen LogP contribution >= 0.6 is 0 Å². The molecule has 0 amide bonds. The van der Waals surface area contributed by atoms with Gasteiger partial charge in [0.25, 0.3) is 0 Å². The summed E-state index contributed by atoms with van der Waals surface area (Å²) in [6, 6.07) is 0.474. The Morgan fingerprint density at radius 2 is 2.07 bits per heavy atom. The van der Waals surface area contributed by atoms with Crippen LogP contribution in [0.5, 0.6) is 0 Å². The van der Waals surface area contributed by atoms with Crippen LogP contribution in [0.1, 0.15) is 59.3 Å². The van der Waals surface area contributed by atoms with Crippen LogP contribution in [0.3, 0.4) is 0 Å². The van der Waals surface area contributed by atoms with Crippen LogP contribution in [0.2, 0.25) is 0 Å². The van der Waals surface area contributed by atoms with Gasteiger partial charge < -0.3 is 5.73 Å². The van der Waals surface area contributed by atoms with Gasteiger partial charge in [0.1, 0.15) is 0 Å². The van der Waals surface area contributed by atoms with Crippen LogP contribution in [0.4, 0.5) is 0 Å². The second kappa shape index (κ2) is 5.75. The van der Waals surface area contributed by atoms with Crippen molar-refractivity contribution in [3.05, 3.63) is 0 Å². The SMILES string of the molecule is CCCC(C)CC(N)C1CCC(C)C1. The highest BCUT2D eigenvalue weighted by atomic mass is 14.7. The summed E-state index contributed by atoms with van der Waals surface area (Å²) >= 11 is 0. The van der Waals surface area contributed by atoms with Gasteiger partial charge in [0.05, 0.1) is 0 Å². The molecule has 1 fully saturated rings. The van der Waals surface area contributed by atoms with E-state index < -0.39 is 0 Å². The molecule has 1 nitrogen and oxygen atoms in total. The lowest BCUT2D eigenvalue weighted by Gasteiger charge is -2.22. The minimum Gasteiger partial charge on any atom is -0.327 e. The molecule has 0 saturated heterocycles. The maximum Gasteiger partial charge on any atom is 0.00697 e. The summed E-state index contributed by atoms with van der Waals surface area (Å²) in [4.78, 5) is 0. The van der Waals surface area contributed by atoms with Crippen molar-refractivity contribution < 1.29 is 0 Å². The summed E-state index contributed by atoms with van der Waals surface area (Å²) in [6.45, 7) is 6.98. The molecule has 0 aliphatic heterocycles. The molecule has 84 valence electrons. The highest BCUT2D eigenvalue weighted by molar-refractivity contribution is 4.82.